The molecule has 0 saturated carbocycles. The second-order valence-corrected chi connectivity index (χ2v) is 5.86. The zero-order valence-electron chi connectivity index (χ0n) is 15.0. The first-order chi connectivity index (χ1) is 13.2. The number of pyridine rings is 1. The van der Waals surface area contributed by atoms with E-state index in [2.05, 4.69) is 10.3 Å². The largest absolute Gasteiger partial charge is 0.496 e. The number of amides is 1. The Balaban J connectivity index is 1.54. The minimum atomic E-state index is -0.253. The SMILES string of the molecule is COc1ccccc1COc1ccc(CNC(=O)c2cccnc2N)cc1. The molecule has 1 aromatic heterocycles. The Morgan fingerprint density at radius 3 is 2.59 bits per heavy atom. The van der Waals surface area contributed by atoms with E-state index in [1.54, 1.807) is 25.4 Å². The number of nitrogens with zero attached hydrogens (tertiary/aromatic N) is 1. The van der Waals surface area contributed by atoms with Gasteiger partial charge in [-0.1, -0.05) is 30.3 Å². The van der Waals surface area contributed by atoms with Crippen LogP contribution in [-0.2, 0) is 13.2 Å². The molecule has 6 heteroatoms. The molecule has 0 saturated heterocycles. The van der Waals surface area contributed by atoms with Gasteiger partial charge in [0.2, 0.25) is 0 Å². The normalized spacial score (nSPS) is 10.3. The predicted octanol–water partition coefficient (Wildman–Crippen LogP) is 3.18. The third-order valence-electron chi connectivity index (χ3n) is 4.05. The highest BCUT2D eigenvalue weighted by Gasteiger charge is 2.09. The lowest BCUT2D eigenvalue weighted by molar-refractivity contribution is 0.0951. The quantitative estimate of drug-likeness (QED) is 0.673. The number of nitrogen functional groups attached to an aromatic ring is 1. The molecule has 0 bridgehead atoms. The second-order valence-electron chi connectivity index (χ2n) is 5.86. The van der Waals surface area contributed by atoms with Crippen molar-refractivity contribution in [3.05, 3.63) is 83.6 Å². The van der Waals surface area contributed by atoms with Gasteiger partial charge in [-0.15, -0.1) is 0 Å². The van der Waals surface area contributed by atoms with Crippen molar-refractivity contribution in [2.24, 2.45) is 0 Å². The number of methoxy groups -OCH3 is 1. The van der Waals surface area contributed by atoms with Crippen LogP contribution in [0.3, 0.4) is 0 Å². The first kappa shape index (κ1) is 18.3. The Bertz CT molecular complexity index is 911. The fourth-order valence-corrected chi connectivity index (χ4v) is 2.57. The molecule has 27 heavy (non-hydrogen) atoms. The summed E-state index contributed by atoms with van der Waals surface area (Å²) in [6.07, 6.45) is 1.55. The van der Waals surface area contributed by atoms with E-state index in [9.17, 15) is 4.79 Å². The molecule has 0 aliphatic heterocycles. The molecule has 3 aromatic rings. The number of aromatic nitrogens is 1. The van der Waals surface area contributed by atoms with E-state index >= 15 is 0 Å². The van der Waals surface area contributed by atoms with E-state index in [1.165, 1.54) is 0 Å². The highest BCUT2D eigenvalue weighted by atomic mass is 16.5. The van der Waals surface area contributed by atoms with Crippen LogP contribution in [0.5, 0.6) is 11.5 Å². The first-order valence-electron chi connectivity index (χ1n) is 8.49. The Morgan fingerprint density at radius 2 is 1.85 bits per heavy atom. The highest BCUT2D eigenvalue weighted by molar-refractivity contribution is 5.98. The lowest BCUT2D eigenvalue weighted by atomic mass is 10.2. The van der Waals surface area contributed by atoms with E-state index in [0.717, 1.165) is 22.6 Å². The average Bonchev–Trinajstić information content (AvgIpc) is 2.71. The maximum atomic E-state index is 12.2. The number of hydrogen-bond acceptors (Lipinski definition) is 5. The van der Waals surface area contributed by atoms with Crippen LogP contribution < -0.4 is 20.5 Å². The third kappa shape index (κ3) is 4.76. The van der Waals surface area contributed by atoms with Gasteiger partial charge in [0.05, 0.1) is 12.7 Å². The van der Waals surface area contributed by atoms with Gasteiger partial charge in [0.15, 0.2) is 0 Å². The minimum Gasteiger partial charge on any atom is -0.496 e. The Kier molecular flexibility index (Phi) is 5.89. The number of nitrogens with two attached hydrogens (primary N) is 1. The Hall–Kier alpha value is -3.54. The summed E-state index contributed by atoms with van der Waals surface area (Å²) in [6, 6.07) is 18.6. The maximum Gasteiger partial charge on any atom is 0.255 e. The molecule has 3 N–H and O–H groups in total. The summed E-state index contributed by atoms with van der Waals surface area (Å²) in [7, 11) is 1.64. The lowest BCUT2D eigenvalue weighted by Gasteiger charge is -2.11. The van der Waals surface area contributed by atoms with E-state index in [-0.39, 0.29) is 11.7 Å². The number of para-hydroxylation sites is 1. The number of carbonyl (C=O) groups is 1. The van der Waals surface area contributed by atoms with E-state index in [1.807, 2.05) is 48.5 Å². The van der Waals surface area contributed by atoms with Gasteiger partial charge in [-0.25, -0.2) is 4.98 Å². The summed E-state index contributed by atoms with van der Waals surface area (Å²) in [4.78, 5) is 16.1. The number of hydrogen-bond donors (Lipinski definition) is 2. The van der Waals surface area contributed by atoms with Gasteiger partial charge in [0.1, 0.15) is 23.9 Å². The van der Waals surface area contributed by atoms with Gasteiger partial charge >= 0.3 is 0 Å². The molecule has 1 heterocycles. The molecule has 138 valence electrons. The van der Waals surface area contributed by atoms with Crippen LogP contribution in [0.2, 0.25) is 0 Å². The van der Waals surface area contributed by atoms with E-state index in [0.29, 0.717) is 18.7 Å². The van der Waals surface area contributed by atoms with Crippen LogP contribution in [0.1, 0.15) is 21.5 Å². The fraction of sp³-hybridized carbons (Fsp3) is 0.143. The fourth-order valence-electron chi connectivity index (χ4n) is 2.57. The zero-order valence-corrected chi connectivity index (χ0v) is 15.0. The molecule has 0 aliphatic carbocycles. The number of ether oxygens (including phenoxy) is 2. The van der Waals surface area contributed by atoms with Gasteiger partial charge in [-0.05, 0) is 35.9 Å². The minimum absolute atomic E-state index is 0.218. The van der Waals surface area contributed by atoms with Gasteiger partial charge in [-0.2, -0.15) is 0 Å². The number of rotatable bonds is 7. The predicted molar refractivity (Wildman–Crippen MR) is 104 cm³/mol. The number of anilines is 1. The smallest absolute Gasteiger partial charge is 0.255 e. The Labute approximate surface area is 158 Å². The molecular weight excluding hydrogens is 342 g/mol. The van der Waals surface area contributed by atoms with Crippen molar-refractivity contribution in [3.8, 4) is 11.5 Å². The van der Waals surface area contributed by atoms with Crippen molar-refractivity contribution >= 4 is 11.7 Å². The molecule has 0 unspecified atom stereocenters. The average molecular weight is 363 g/mol. The zero-order chi connectivity index (χ0) is 19.1. The van der Waals surface area contributed by atoms with Crippen molar-refractivity contribution in [2.45, 2.75) is 13.2 Å². The molecule has 0 radical (unpaired) electrons. The van der Waals surface area contributed by atoms with Crippen LogP contribution in [0.15, 0.2) is 66.9 Å². The summed E-state index contributed by atoms with van der Waals surface area (Å²) in [5.41, 5.74) is 8.02. The summed E-state index contributed by atoms with van der Waals surface area (Å²) >= 11 is 0. The molecule has 1 amide bonds. The molecule has 0 spiro atoms. The van der Waals surface area contributed by atoms with Crippen molar-refractivity contribution < 1.29 is 14.3 Å². The Morgan fingerprint density at radius 1 is 1.07 bits per heavy atom. The summed E-state index contributed by atoms with van der Waals surface area (Å²) in [5, 5.41) is 2.83. The molecule has 0 atom stereocenters. The molecule has 0 aliphatic rings. The van der Waals surface area contributed by atoms with Crippen molar-refractivity contribution in [1.82, 2.24) is 10.3 Å². The van der Waals surface area contributed by atoms with E-state index in [4.69, 9.17) is 15.2 Å². The summed E-state index contributed by atoms with van der Waals surface area (Å²) in [6.45, 7) is 0.806. The van der Waals surface area contributed by atoms with Gasteiger partial charge in [-0.3, -0.25) is 4.79 Å². The molecular formula is C21H21N3O3. The van der Waals surface area contributed by atoms with Crippen molar-refractivity contribution in [2.75, 3.05) is 12.8 Å². The summed E-state index contributed by atoms with van der Waals surface area (Å²) in [5.74, 6) is 1.51. The maximum absolute atomic E-state index is 12.2. The standard InChI is InChI=1S/C21H21N3O3/c1-26-19-7-3-2-5-16(19)14-27-17-10-8-15(9-11-17)13-24-21(25)18-6-4-12-23-20(18)22/h2-12H,13-14H2,1H3,(H2,22,23)(H,24,25). The molecule has 3 rings (SSSR count). The van der Waals surface area contributed by atoms with Crippen LogP contribution in [0.25, 0.3) is 0 Å². The monoisotopic (exact) mass is 363 g/mol. The highest BCUT2D eigenvalue weighted by Crippen LogP contribution is 2.20. The topological polar surface area (TPSA) is 86.5 Å². The second kappa shape index (κ2) is 8.71. The number of benzene rings is 2. The number of carbonyl (C=O) groups excluding carboxylic acids is 1. The van der Waals surface area contributed by atoms with E-state index < -0.39 is 0 Å². The van der Waals surface area contributed by atoms with Gasteiger partial charge < -0.3 is 20.5 Å². The van der Waals surface area contributed by atoms with Crippen molar-refractivity contribution in [3.63, 3.8) is 0 Å². The van der Waals surface area contributed by atoms with Gasteiger partial charge in [0.25, 0.3) is 5.91 Å². The van der Waals surface area contributed by atoms with Crippen LogP contribution in [0, 0.1) is 0 Å². The van der Waals surface area contributed by atoms with Crippen LogP contribution >= 0.6 is 0 Å². The summed E-state index contributed by atoms with van der Waals surface area (Å²) < 4.78 is 11.1. The van der Waals surface area contributed by atoms with Crippen molar-refractivity contribution in [1.29, 1.82) is 0 Å². The molecule has 2 aromatic carbocycles. The number of nitrogens with one attached hydrogen (secondary N) is 1. The van der Waals surface area contributed by atoms with Crippen LogP contribution in [-0.4, -0.2) is 18.0 Å². The first-order valence-corrected chi connectivity index (χ1v) is 8.49. The third-order valence-corrected chi connectivity index (χ3v) is 4.05. The van der Waals surface area contributed by atoms with Crippen LogP contribution in [0.4, 0.5) is 5.82 Å². The van der Waals surface area contributed by atoms with Gasteiger partial charge in [0, 0.05) is 18.3 Å². The molecule has 0 fully saturated rings. The lowest BCUT2D eigenvalue weighted by Crippen LogP contribution is -2.24. The molecule has 6 nitrogen and oxygen atoms in total.